The Balaban J connectivity index is 4.35. The zero-order chi connectivity index (χ0) is 35.4. The van der Waals surface area contributed by atoms with Crippen LogP contribution in [0.2, 0.25) is 0 Å². The maximum atomic E-state index is 12.5. The van der Waals surface area contributed by atoms with E-state index in [1.807, 2.05) is 6.08 Å². The number of hydrogen-bond acceptors (Lipinski definition) is 8. The van der Waals surface area contributed by atoms with Crippen LogP contribution in [0.1, 0.15) is 149 Å². The molecule has 0 aromatic carbocycles. The number of hydrogen-bond donors (Lipinski definition) is 2. The number of phosphoric ester groups is 1. The highest BCUT2D eigenvalue weighted by Gasteiger charge is 2.25. The highest BCUT2D eigenvalue weighted by atomic mass is 31.2. The Morgan fingerprint density at radius 2 is 1.10 bits per heavy atom. The third-order valence-electron chi connectivity index (χ3n) is 7.47. The Kier molecular flexibility index (Phi) is 33.3. The van der Waals surface area contributed by atoms with E-state index in [2.05, 4.69) is 56.4 Å². The largest absolute Gasteiger partial charge is 0.472 e. The molecule has 0 aromatic rings. The first-order valence-electron chi connectivity index (χ1n) is 18.6. The molecule has 0 aromatic heterocycles. The summed E-state index contributed by atoms with van der Waals surface area (Å²) in [5.74, 6) is -0.899. The topological polar surface area (TPSA) is 134 Å². The lowest BCUT2D eigenvalue weighted by Crippen LogP contribution is -2.29. The molecule has 0 rings (SSSR count). The van der Waals surface area contributed by atoms with Gasteiger partial charge in [0, 0.05) is 19.4 Å². The lowest BCUT2D eigenvalue weighted by atomic mass is 10.1. The van der Waals surface area contributed by atoms with Gasteiger partial charge in [-0.2, -0.15) is 0 Å². The van der Waals surface area contributed by atoms with E-state index in [4.69, 9.17) is 24.3 Å². The third-order valence-corrected chi connectivity index (χ3v) is 8.45. The second-order valence-electron chi connectivity index (χ2n) is 12.1. The third kappa shape index (κ3) is 33.9. The molecule has 0 bridgehead atoms. The first-order valence-corrected chi connectivity index (χ1v) is 20.1. The minimum atomic E-state index is -4.38. The normalized spacial score (nSPS) is 14.0. The van der Waals surface area contributed by atoms with Crippen LogP contribution < -0.4 is 5.73 Å². The van der Waals surface area contributed by atoms with Gasteiger partial charge >= 0.3 is 19.8 Å². The van der Waals surface area contributed by atoms with Gasteiger partial charge in [0.1, 0.15) is 6.61 Å². The fourth-order valence-corrected chi connectivity index (χ4v) is 5.45. The van der Waals surface area contributed by atoms with Crippen LogP contribution in [-0.4, -0.2) is 49.3 Å². The van der Waals surface area contributed by atoms with Crippen LogP contribution in [0.4, 0.5) is 0 Å². The molecule has 9 nitrogen and oxygen atoms in total. The first kappa shape index (κ1) is 46.0. The molecule has 1 unspecified atom stereocenters. The summed E-state index contributed by atoms with van der Waals surface area (Å²) in [6.07, 6.45) is 37.2. The number of carbonyl (C=O) groups excluding carboxylic acids is 2. The number of carbonyl (C=O) groups is 2. The SMILES string of the molecule is CCCCC/C=C/C/C=C/C/C=C\C/C=C/CCCC(=O)O[C@H](COC(=O)CCCCCCCCCCCC)COP(=O)(O)OCCN. The van der Waals surface area contributed by atoms with E-state index in [0.717, 1.165) is 38.5 Å². The first-order chi connectivity index (χ1) is 23.3. The lowest BCUT2D eigenvalue weighted by Gasteiger charge is -2.19. The molecule has 0 radical (unpaired) electrons. The average Bonchev–Trinajstić information content (AvgIpc) is 3.07. The van der Waals surface area contributed by atoms with Crippen molar-refractivity contribution in [2.75, 3.05) is 26.4 Å². The summed E-state index contributed by atoms with van der Waals surface area (Å²) in [7, 11) is -4.38. The van der Waals surface area contributed by atoms with Crippen molar-refractivity contribution in [2.45, 2.75) is 155 Å². The quantitative estimate of drug-likeness (QED) is 0.0291. The zero-order valence-corrected chi connectivity index (χ0v) is 31.1. The van der Waals surface area contributed by atoms with Crippen molar-refractivity contribution in [3.8, 4) is 0 Å². The smallest absolute Gasteiger partial charge is 0.462 e. The molecule has 48 heavy (non-hydrogen) atoms. The molecule has 0 aliphatic carbocycles. The Hall–Kier alpha value is -2.03. The predicted molar refractivity (Wildman–Crippen MR) is 196 cm³/mol. The predicted octanol–water partition coefficient (Wildman–Crippen LogP) is 9.99. The van der Waals surface area contributed by atoms with Crippen LogP contribution in [0.15, 0.2) is 48.6 Å². The van der Waals surface area contributed by atoms with Crippen molar-refractivity contribution < 1.29 is 37.6 Å². The second kappa shape index (κ2) is 34.8. The van der Waals surface area contributed by atoms with Gasteiger partial charge in [-0.1, -0.05) is 133 Å². The average molecular weight is 698 g/mol. The van der Waals surface area contributed by atoms with Crippen molar-refractivity contribution in [2.24, 2.45) is 5.73 Å². The number of unbranched alkanes of at least 4 members (excludes halogenated alkanes) is 13. The molecule has 0 heterocycles. The summed E-state index contributed by atoms with van der Waals surface area (Å²) < 4.78 is 32.5. The number of nitrogens with two attached hydrogens (primary N) is 1. The Bertz CT molecular complexity index is 934. The van der Waals surface area contributed by atoms with Gasteiger partial charge in [0.05, 0.1) is 13.2 Å². The molecule has 0 amide bonds. The van der Waals surface area contributed by atoms with E-state index < -0.39 is 32.5 Å². The van der Waals surface area contributed by atoms with Gasteiger partial charge < -0.3 is 20.1 Å². The van der Waals surface area contributed by atoms with E-state index in [-0.39, 0.29) is 32.6 Å². The van der Waals surface area contributed by atoms with Crippen LogP contribution >= 0.6 is 7.82 Å². The molecule has 0 spiro atoms. The van der Waals surface area contributed by atoms with Gasteiger partial charge in [0.25, 0.3) is 0 Å². The van der Waals surface area contributed by atoms with Crippen LogP contribution in [0.3, 0.4) is 0 Å². The molecule has 0 fully saturated rings. The Morgan fingerprint density at radius 3 is 1.67 bits per heavy atom. The van der Waals surface area contributed by atoms with Crippen LogP contribution in [0.5, 0.6) is 0 Å². The van der Waals surface area contributed by atoms with E-state index >= 15 is 0 Å². The van der Waals surface area contributed by atoms with Gasteiger partial charge in [0.2, 0.25) is 0 Å². The van der Waals surface area contributed by atoms with Crippen molar-refractivity contribution in [1.29, 1.82) is 0 Å². The molecule has 10 heteroatoms. The van der Waals surface area contributed by atoms with Gasteiger partial charge in [-0.25, -0.2) is 4.57 Å². The lowest BCUT2D eigenvalue weighted by molar-refractivity contribution is -0.161. The molecule has 0 saturated carbocycles. The fraction of sp³-hybridized carbons (Fsp3) is 0.737. The standard InChI is InChI=1S/C38H68NO8P/c1-3-5-7-9-11-13-15-16-17-18-19-20-21-23-25-27-29-31-38(41)47-36(35-46-48(42,43)45-33-32-39)34-44-37(40)30-28-26-24-22-14-12-10-8-6-4-2/h11,13,16-17,19-20,23,25,36H,3-10,12,14-15,18,21-22,24,26-35,39H2,1-2H3,(H,42,43)/b13-11+,17-16+,20-19-,25-23+/t36-/m1/s1. The summed E-state index contributed by atoms with van der Waals surface area (Å²) in [5, 5.41) is 0. The Morgan fingerprint density at radius 1 is 0.625 bits per heavy atom. The van der Waals surface area contributed by atoms with Crippen molar-refractivity contribution in [3.05, 3.63) is 48.6 Å². The van der Waals surface area contributed by atoms with Crippen molar-refractivity contribution >= 4 is 19.8 Å². The monoisotopic (exact) mass is 697 g/mol. The number of ether oxygens (including phenoxy) is 2. The zero-order valence-electron chi connectivity index (χ0n) is 30.2. The number of rotatable bonds is 34. The summed E-state index contributed by atoms with van der Waals surface area (Å²) in [6, 6.07) is 0. The molecule has 0 aliphatic heterocycles. The fourth-order valence-electron chi connectivity index (χ4n) is 4.68. The number of esters is 2. The van der Waals surface area contributed by atoms with E-state index in [0.29, 0.717) is 12.8 Å². The summed E-state index contributed by atoms with van der Waals surface area (Å²) in [5.41, 5.74) is 5.32. The molecule has 0 saturated heterocycles. The Labute approximate surface area is 292 Å². The van der Waals surface area contributed by atoms with Gasteiger partial charge in [-0.15, -0.1) is 0 Å². The number of phosphoric acid groups is 1. The molecule has 0 aliphatic rings. The maximum absolute atomic E-state index is 12.5. The second-order valence-corrected chi connectivity index (χ2v) is 13.5. The van der Waals surface area contributed by atoms with Gasteiger partial charge in [-0.05, 0) is 51.4 Å². The van der Waals surface area contributed by atoms with E-state index in [9.17, 15) is 19.0 Å². The molecular weight excluding hydrogens is 629 g/mol. The van der Waals surface area contributed by atoms with Crippen LogP contribution in [0, 0.1) is 0 Å². The van der Waals surface area contributed by atoms with Crippen LogP contribution in [0.25, 0.3) is 0 Å². The number of allylic oxidation sites excluding steroid dienone is 8. The molecule has 278 valence electrons. The minimum absolute atomic E-state index is 0.0440. The van der Waals surface area contributed by atoms with Gasteiger partial charge in [-0.3, -0.25) is 18.6 Å². The van der Waals surface area contributed by atoms with E-state index in [1.165, 1.54) is 70.6 Å². The molecule has 2 atom stereocenters. The maximum Gasteiger partial charge on any atom is 0.472 e. The summed E-state index contributed by atoms with van der Waals surface area (Å²) in [4.78, 5) is 34.6. The highest BCUT2D eigenvalue weighted by molar-refractivity contribution is 7.47. The van der Waals surface area contributed by atoms with E-state index in [1.54, 1.807) is 0 Å². The molecule has 3 N–H and O–H groups in total. The van der Waals surface area contributed by atoms with Crippen LogP contribution in [-0.2, 0) is 32.7 Å². The summed E-state index contributed by atoms with van der Waals surface area (Å²) in [6.45, 7) is 3.60. The highest BCUT2D eigenvalue weighted by Crippen LogP contribution is 2.43. The molecular formula is C38H68NO8P. The van der Waals surface area contributed by atoms with Gasteiger partial charge in [0.15, 0.2) is 6.10 Å². The van der Waals surface area contributed by atoms with Crippen molar-refractivity contribution in [1.82, 2.24) is 0 Å². The van der Waals surface area contributed by atoms with Crippen molar-refractivity contribution in [3.63, 3.8) is 0 Å². The minimum Gasteiger partial charge on any atom is -0.462 e. The summed E-state index contributed by atoms with van der Waals surface area (Å²) >= 11 is 0.